The topological polar surface area (TPSA) is 0 Å². The summed E-state index contributed by atoms with van der Waals surface area (Å²) in [5.41, 5.74) is 0. The summed E-state index contributed by atoms with van der Waals surface area (Å²) in [6, 6.07) is 0. The third-order valence-corrected chi connectivity index (χ3v) is 0.500. The summed E-state index contributed by atoms with van der Waals surface area (Å²) < 4.78 is 0. The van der Waals surface area contributed by atoms with Gasteiger partial charge in [0.05, 0.1) is 0 Å². The van der Waals surface area contributed by atoms with Crippen LogP contribution in [0.25, 0.3) is 0 Å². The molecule has 0 aromatic heterocycles. The average Bonchev–Trinajstić information content (AvgIpc) is 1.72. The summed E-state index contributed by atoms with van der Waals surface area (Å²) in [6.45, 7) is 4.36. The molecule has 2 heteroatoms. The van der Waals surface area contributed by atoms with Crippen molar-refractivity contribution in [2.45, 2.75) is 26.7 Å². The molecule has 0 saturated heterocycles. The molecule has 0 aliphatic heterocycles. The molecule has 0 spiro atoms. The predicted molar refractivity (Wildman–Crippen MR) is 33.9 cm³/mol. The van der Waals surface area contributed by atoms with Gasteiger partial charge in [0.2, 0.25) is 0 Å². The van der Waals surface area contributed by atoms with Gasteiger partial charge in [0.15, 0.2) is 0 Å². The van der Waals surface area contributed by atoms with E-state index in [0.717, 1.165) is 20.6 Å². The van der Waals surface area contributed by atoms with E-state index in [1.165, 1.54) is 12.8 Å². The van der Waals surface area contributed by atoms with Gasteiger partial charge in [0.25, 0.3) is 0 Å². The Hall–Kier alpha value is 1.02. The van der Waals surface area contributed by atoms with Crippen molar-refractivity contribution in [1.29, 1.82) is 0 Å². The van der Waals surface area contributed by atoms with Gasteiger partial charge in [-0.15, -0.1) is 0 Å². The Morgan fingerprint density at radius 2 is 1.33 bits per heavy atom. The molecule has 0 aromatic rings. The second-order valence-electron chi connectivity index (χ2n) is 1.000. The molecule has 0 aliphatic carbocycles. The van der Waals surface area contributed by atoms with Gasteiger partial charge < -0.3 is 0 Å². The molecular weight excluding hydrogens is 199 g/mol. The zero-order chi connectivity index (χ0) is 5.41. The number of rotatable bonds is 1. The first-order chi connectivity index (χ1) is 2.91. The van der Waals surface area contributed by atoms with E-state index >= 15 is 0 Å². The molecule has 2 radical (unpaired) electrons. The van der Waals surface area contributed by atoms with E-state index in [0.29, 0.717) is 0 Å². The van der Waals surface area contributed by atoms with Gasteiger partial charge in [-0.2, -0.15) is 0 Å². The summed E-state index contributed by atoms with van der Waals surface area (Å²) in [7, 11) is 4.17. The summed E-state index contributed by atoms with van der Waals surface area (Å²) in [4.78, 5) is 0. The zero-order valence-electron chi connectivity index (χ0n) is 4.32. The van der Waals surface area contributed by atoms with Gasteiger partial charge >= 0.3 is 29.9 Å². The van der Waals surface area contributed by atoms with Crippen LogP contribution in [0.15, 0.2) is 0 Å². The van der Waals surface area contributed by atoms with Crippen molar-refractivity contribution in [2.75, 3.05) is 0 Å². The maximum atomic E-state index is 4.17. The Labute approximate surface area is 56.6 Å². The van der Waals surface area contributed by atoms with Crippen LogP contribution in [0.4, 0.5) is 0 Å². The van der Waals surface area contributed by atoms with Crippen molar-refractivity contribution in [3.05, 3.63) is 0 Å². The van der Waals surface area contributed by atoms with Crippen molar-refractivity contribution in [3.8, 4) is 0 Å². The van der Waals surface area contributed by atoms with Gasteiger partial charge in [0.1, 0.15) is 0 Å². The fourth-order valence-corrected chi connectivity index (χ4v) is 0. The van der Waals surface area contributed by atoms with Crippen molar-refractivity contribution < 1.29 is 0 Å². The molecule has 6 heavy (non-hydrogen) atoms. The van der Waals surface area contributed by atoms with Crippen molar-refractivity contribution >= 4 is 29.9 Å². The normalized spacial score (nSPS) is 5.67. The molecule has 0 aromatic carbocycles. The quantitative estimate of drug-likeness (QED) is 0.595. The van der Waals surface area contributed by atoms with Crippen molar-refractivity contribution in [3.63, 3.8) is 0 Å². The molecule has 0 fully saturated rings. The molecule has 0 N–H and O–H groups in total. The Morgan fingerprint density at radius 1 is 1.17 bits per heavy atom. The fraction of sp³-hybridized carbons (Fsp3) is 1.00. The second-order valence-corrected chi connectivity index (χ2v) is 1.000. The third-order valence-electron chi connectivity index (χ3n) is 0.500. The van der Waals surface area contributed by atoms with Gasteiger partial charge in [0, 0.05) is 0 Å². The fourth-order valence-electron chi connectivity index (χ4n) is 0. The Bertz CT molecular complexity index is 15.0. The van der Waals surface area contributed by atoms with Crippen LogP contribution in [0.2, 0.25) is 0 Å². The maximum absolute atomic E-state index is 4.17. The molecule has 0 aliphatic rings. The zero-order valence-corrected chi connectivity index (χ0v) is 7.99. The first-order valence-electron chi connectivity index (χ1n) is 2.12. The van der Waals surface area contributed by atoms with Crippen LogP contribution in [-0.2, 0) is 0 Å². The van der Waals surface area contributed by atoms with Gasteiger partial charge in [-0.05, 0) is 0 Å². The SMILES string of the molecule is CCCC.[S]=[Sn]. The molecule has 36 valence electrons. The first-order valence-corrected chi connectivity index (χ1v) is 6.02. The second kappa shape index (κ2) is 16.6. The van der Waals surface area contributed by atoms with E-state index in [2.05, 4.69) is 23.1 Å². The van der Waals surface area contributed by atoms with Crippen LogP contribution in [0.5, 0.6) is 0 Å². The van der Waals surface area contributed by atoms with E-state index in [1.807, 2.05) is 0 Å². The first kappa shape index (κ1) is 10.1. The third kappa shape index (κ3) is 19.9. The van der Waals surface area contributed by atoms with Gasteiger partial charge in [-0.1, -0.05) is 26.7 Å². The van der Waals surface area contributed by atoms with Crippen LogP contribution < -0.4 is 0 Å². The van der Waals surface area contributed by atoms with Crippen LogP contribution >= 0.6 is 9.29 Å². The summed E-state index contributed by atoms with van der Waals surface area (Å²) >= 11 is 1.13. The number of hydrogen-bond acceptors (Lipinski definition) is 1. The Kier molecular flexibility index (Phi) is 28.0. The minimum absolute atomic E-state index is 1.13. The van der Waals surface area contributed by atoms with Crippen LogP contribution in [0.3, 0.4) is 0 Å². The van der Waals surface area contributed by atoms with Crippen LogP contribution in [0, 0.1) is 0 Å². The molecular formula is C4H10SSn. The van der Waals surface area contributed by atoms with Crippen LogP contribution in [0.1, 0.15) is 26.7 Å². The summed E-state index contributed by atoms with van der Waals surface area (Å²) in [5, 5.41) is 0. The summed E-state index contributed by atoms with van der Waals surface area (Å²) in [6.07, 6.45) is 2.64. The van der Waals surface area contributed by atoms with E-state index in [9.17, 15) is 0 Å². The predicted octanol–water partition coefficient (Wildman–Crippen LogP) is 2.07. The summed E-state index contributed by atoms with van der Waals surface area (Å²) in [5.74, 6) is 0. The number of hydrogen-bond donors (Lipinski definition) is 0. The molecule has 0 rings (SSSR count). The van der Waals surface area contributed by atoms with Gasteiger partial charge in [-0.25, -0.2) is 0 Å². The molecule has 0 saturated carbocycles. The molecule has 0 amide bonds. The van der Waals surface area contributed by atoms with E-state index in [1.54, 1.807) is 0 Å². The minimum atomic E-state index is 1.13. The van der Waals surface area contributed by atoms with E-state index in [-0.39, 0.29) is 0 Å². The average molecular weight is 209 g/mol. The molecule has 0 unspecified atom stereocenters. The van der Waals surface area contributed by atoms with Crippen molar-refractivity contribution in [2.24, 2.45) is 0 Å². The molecule has 0 bridgehead atoms. The van der Waals surface area contributed by atoms with Gasteiger partial charge in [-0.3, -0.25) is 0 Å². The standard InChI is InChI=1S/C4H10.S.Sn/c1-3-4-2;;/h3-4H2,1-2H3;;. The molecule has 0 atom stereocenters. The monoisotopic (exact) mass is 210 g/mol. The van der Waals surface area contributed by atoms with E-state index in [4.69, 9.17) is 0 Å². The number of unbranched alkanes of at least 4 members (excludes halogenated alkanes) is 1. The Morgan fingerprint density at radius 3 is 1.33 bits per heavy atom. The van der Waals surface area contributed by atoms with Crippen molar-refractivity contribution in [1.82, 2.24) is 0 Å². The molecule has 0 heterocycles. The Balaban J connectivity index is 0. The van der Waals surface area contributed by atoms with Crippen LogP contribution in [-0.4, -0.2) is 20.6 Å². The molecule has 0 nitrogen and oxygen atoms in total. The van der Waals surface area contributed by atoms with E-state index < -0.39 is 0 Å².